The van der Waals surface area contributed by atoms with E-state index in [1.807, 2.05) is 6.79 Å². The number of rotatable bonds is 15. The first-order valence-electron chi connectivity index (χ1n) is 21.1. The van der Waals surface area contributed by atoms with Crippen molar-refractivity contribution in [3.63, 3.8) is 0 Å². The van der Waals surface area contributed by atoms with E-state index in [0.29, 0.717) is 0 Å². The van der Waals surface area contributed by atoms with Crippen molar-refractivity contribution in [2.45, 2.75) is 77.1 Å². The van der Waals surface area contributed by atoms with Crippen LogP contribution in [0.25, 0.3) is 0 Å². The summed E-state index contributed by atoms with van der Waals surface area (Å²) in [5.41, 5.74) is 0. The Morgan fingerprint density at radius 1 is 0.300 bits per heavy atom. The Bertz CT molecular complexity index is 1610. The van der Waals surface area contributed by atoms with E-state index in [2.05, 4.69) is 241 Å². The van der Waals surface area contributed by atoms with Gasteiger partial charge in [0.1, 0.15) is 6.79 Å². The van der Waals surface area contributed by atoms with Crippen LogP contribution in [0.3, 0.4) is 0 Å². The van der Waals surface area contributed by atoms with Gasteiger partial charge < -0.3 is 4.79 Å². The topological polar surface area (TPSA) is 17.1 Å². The Balaban J connectivity index is 0.000000301. The Morgan fingerprint density at radius 2 is 0.433 bits per heavy atom. The third kappa shape index (κ3) is 21.6. The molecule has 0 amide bonds. The number of carbonyl (C=O) groups excluding carboxylic acids is 1. The molecule has 0 N–H and O–H groups in total. The van der Waals surface area contributed by atoms with Gasteiger partial charge in [-0.25, -0.2) is 0 Å². The van der Waals surface area contributed by atoms with Crippen molar-refractivity contribution < 1.29 is 24.3 Å². The van der Waals surface area contributed by atoms with Crippen LogP contribution in [0.1, 0.15) is 0 Å². The molecule has 60 heavy (non-hydrogen) atoms. The summed E-state index contributed by atoms with van der Waals surface area (Å²) in [7, 11) is -3.45. The molecule has 0 fully saturated rings. The third-order valence-corrected chi connectivity index (χ3v) is 23.7. The van der Waals surface area contributed by atoms with Crippen molar-refractivity contribution in [3.05, 3.63) is 182 Å². The summed E-state index contributed by atoms with van der Waals surface area (Å²) in [5.74, 6) is 0. The van der Waals surface area contributed by atoms with Gasteiger partial charge in [0.2, 0.25) is 0 Å². The van der Waals surface area contributed by atoms with E-state index in [9.17, 15) is 0 Å². The first-order chi connectivity index (χ1) is 28.2. The monoisotopic (exact) mass is 991 g/mol. The molecule has 0 aliphatic heterocycles. The van der Waals surface area contributed by atoms with Gasteiger partial charge in [0, 0.05) is 43.7 Å². The smallest absolute Gasteiger partial charge is 0.106 e. The van der Waals surface area contributed by atoms with Gasteiger partial charge in [-0.05, 0) is 74.1 Å². The molecule has 0 aliphatic carbocycles. The molecular weight excluding hydrogens is 921 g/mol. The summed E-state index contributed by atoms with van der Waals surface area (Å²) in [6.45, 7) is 24.2. The van der Waals surface area contributed by atoms with Crippen LogP contribution in [0, 0.1) is 0 Å². The SMILES string of the molecule is C=O.C[Si](C)(C)CCP(c1ccccc1)c1ccccc1.C[Si](C)(C)CCP(c1ccccc1)c1ccccc1.C[Si](C)(C)CCP(c1ccccc1)c1ccccc1.[Rh]. The van der Waals surface area contributed by atoms with E-state index in [4.69, 9.17) is 4.79 Å². The van der Waals surface area contributed by atoms with Crippen LogP contribution in [0.15, 0.2) is 182 Å². The van der Waals surface area contributed by atoms with Crippen molar-refractivity contribution in [2.24, 2.45) is 0 Å². The van der Waals surface area contributed by atoms with E-state index in [1.165, 1.54) is 68.4 Å². The quantitative estimate of drug-likeness (QED) is 0.0740. The van der Waals surface area contributed by atoms with Gasteiger partial charge in [0.05, 0.1) is 0 Å². The fourth-order valence-corrected chi connectivity index (χ4v) is 22.6. The van der Waals surface area contributed by atoms with Crippen LogP contribution in [-0.4, -0.2) is 49.5 Å². The molecule has 0 spiro atoms. The van der Waals surface area contributed by atoms with Crippen LogP contribution < -0.4 is 31.8 Å². The minimum Gasteiger partial charge on any atom is -0.307 e. The molecule has 0 aromatic heterocycles. The van der Waals surface area contributed by atoms with E-state index < -0.39 is 24.2 Å². The molecule has 0 bridgehead atoms. The van der Waals surface area contributed by atoms with Crippen molar-refractivity contribution >= 4 is 86.6 Å². The normalized spacial score (nSPS) is 11.3. The maximum Gasteiger partial charge on any atom is 0.106 e. The van der Waals surface area contributed by atoms with Crippen LogP contribution in [0.2, 0.25) is 77.1 Å². The van der Waals surface area contributed by atoms with E-state index in [-0.39, 0.29) is 43.2 Å². The zero-order valence-electron chi connectivity index (χ0n) is 37.9. The second kappa shape index (κ2) is 28.3. The molecule has 0 unspecified atom stereocenters. The summed E-state index contributed by atoms with van der Waals surface area (Å²) < 4.78 is 0. The molecule has 1 nitrogen and oxygen atoms in total. The fraction of sp³-hybridized carbons (Fsp3) is 0.288. The zero-order valence-corrected chi connectivity index (χ0v) is 45.2. The van der Waals surface area contributed by atoms with Crippen molar-refractivity contribution in [1.82, 2.24) is 0 Å². The Kier molecular flexibility index (Phi) is 25.3. The molecule has 6 aromatic rings. The Labute approximate surface area is 385 Å². The van der Waals surface area contributed by atoms with Gasteiger partial charge in [0.25, 0.3) is 0 Å². The molecular formula is C52H71OP3RhSi3. The van der Waals surface area contributed by atoms with Crippen LogP contribution in [0.4, 0.5) is 0 Å². The molecule has 0 heterocycles. The summed E-state index contributed by atoms with van der Waals surface area (Å²) in [6.07, 6.45) is 4.00. The second-order valence-electron chi connectivity index (χ2n) is 18.4. The van der Waals surface area contributed by atoms with E-state index in [1.54, 1.807) is 0 Å². The molecule has 6 rings (SSSR count). The average molecular weight is 992 g/mol. The fourth-order valence-electron chi connectivity index (χ4n) is 6.21. The largest absolute Gasteiger partial charge is 0.307 e. The summed E-state index contributed by atoms with van der Waals surface area (Å²) >= 11 is 0. The summed E-state index contributed by atoms with van der Waals surface area (Å²) in [5, 5.41) is 9.09. The first-order valence-corrected chi connectivity index (χ1v) is 36.8. The minimum absolute atomic E-state index is 0. The van der Waals surface area contributed by atoms with Crippen LogP contribution in [0.5, 0.6) is 0 Å². The number of benzene rings is 6. The summed E-state index contributed by atoms with van der Waals surface area (Å²) in [4.78, 5) is 8.00. The molecule has 1 radical (unpaired) electrons. The molecule has 0 atom stereocenters. The second-order valence-corrected chi connectivity index (χ2v) is 42.3. The molecule has 0 saturated heterocycles. The van der Waals surface area contributed by atoms with E-state index >= 15 is 0 Å². The van der Waals surface area contributed by atoms with Gasteiger partial charge in [0.15, 0.2) is 0 Å². The van der Waals surface area contributed by atoms with Crippen molar-refractivity contribution in [2.75, 3.05) is 18.5 Å². The number of hydrogen-bond acceptors (Lipinski definition) is 1. The molecule has 6 aromatic carbocycles. The molecule has 0 saturated carbocycles. The van der Waals surface area contributed by atoms with Gasteiger partial charge >= 0.3 is 0 Å². The predicted molar refractivity (Wildman–Crippen MR) is 283 cm³/mol. The van der Waals surface area contributed by atoms with Crippen molar-refractivity contribution in [3.8, 4) is 0 Å². The standard InChI is InChI=1S/3C17H23PSi.CH2O.Rh/c3*1-19(2,3)15-14-18(16-10-6-4-7-11-16)17-12-8-5-9-13-17;1-2;/h3*4-13H,14-15H2,1-3H3;1H2;. The first kappa shape index (κ1) is 53.7. The zero-order chi connectivity index (χ0) is 43.2. The van der Waals surface area contributed by atoms with Gasteiger partial charge in [-0.2, -0.15) is 0 Å². The average Bonchev–Trinajstić information content (AvgIpc) is 3.23. The Morgan fingerprint density at radius 3 is 0.550 bits per heavy atom. The third-order valence-electron chi connectivity index (χ3n) is 9.66. The minimum atomic E-state index is -0.970. The van der Waals surface area contributed by atoms with Gasteiger partial charge in [-0.1, -0.05) is 259 Å². The molecule has 321 valence electrons. The molecule has 8 heteroatoms. The molecule has 0 aliphatic rings. The Hall–Kier alpha value is -2.45. The predicted octanol–water partition coefficient (Wildman–Crippen LogP) is 13.2. The van der Waals surface area contributed by atoms with Crippen LogP contribution >= 0.6 is 23.8 Å². The van der Waals surface area contributed by atoms with Crippen LogP contribution in [-0.2, 0) is 24.3 Å². The summed E-state index contributed by atoms with van der Waals surface area (Å²) in [6, 6.07) is 70.4. The maximum atomic E-state index is 8.00. The number of carbonyl (C=O) groups is 1. The maximum absolute atomic E-state index is 8.00. The van der Waals surface area contributed by atoms with E-state index in [0.717, 1.165) is 0 Å². The van der Waals surface area contributed by atoms with Gasteiger partial charge in [-0.3, -0.25) is 0 Å². The number of hydrogen-bond donors (Lipinski definition) is 0. The van der Waals surface area contributed by atoms with Gasteiger partial charge in [-0.15, -0.1) is 0 Å². The van der Waals surface area contributed by atoms with Crippen molar-refractivity contribution in [1.29, 1.82) is 0 Å².